The van der Waals surface area contributed by atoms with Gasteiger partial charge in [-0.05, 0) is 23.6 Å². The van der Waals surface area contributed by atoms with Gasteiger partial charge < -0.3 is 10.1 Å². The fourth-order valence-electron chi connectivity index (χ4n) is 2.62. The number of hydrogen-bond acceptors (Lipinski definition) is 5. The Bertz CT molecular complexity index is 956. The molecule has 27 heavy (non-hydrogen) atoms. The van der Waals surface area contributed by atoms with Crippen LogP contribution < -0.4 is 10.9 Å². The first-order valence-corrected chi connectivity index (χ1v) is 8.84. The van der Waals surface area contributed by atoms with Gasteiger partial charge in [0.05, 0.1) is 18.6 Å². The summed E-state index contributed by atoms with van der Waals surface area (Å²) in [6.45, 7) is 3.37. The van der Waals surface area contributed by atoms with E-state index in [0.717, 1.165) is 10.2 Å². The molecule has 7 nitrogen and oxygen atoms in total. The van der Waals surface area contributed by atoms with Crippen LogP contribution in [0.4, 0.5) is 0 Å². The van der Waals surface area contributed by atoms with E-state index in [1.165, 1.54) is 0 Å². The first-order chi connectivity index (χ1) is 13.1. The molecule has 0 spiro atoms. The number of nitrogens with one attached hydrogen (secondary N) is 1. The van der Waals surface area contributed by atoms with E-state index in [-0.39, 0.29) is 23.9 Å². The van der Waals surface area contributed by atoms with Gasteiger partial charge in [-0.25, -0.2) is 4.68 Å². The molecule has 0 aliphatic rings. The van der Waals surface area contributed by atoms with Crippen LogP contribution in [-0.2, 0) is 22.7 Å². The molecule has 3 rings (SSSR count). The van der Waals surface area contributed by atoms with Crippen LogP contribution in [-0.4, -0.2) is 34.1 Å². The SMILES string of the molecule is CC(CNC(=O)Cn1nnc2ccccc2c1=O)COCc1ccccc1. The predicted molar refractivity (Wildman–Crippen MR) is 102 cm³/mol. The number of rotatable bonds is 8. The molecule has 1 unspecified atom stereocenters. The summed E-state index contributed by atoms with van der Waals surface area (Å²) in [6, 6.07) is 16.9. The maximum atomic E-state index is 12.3. The third-order valence-corrected chi connectivity index (χ3v) is 4.08. The van der Waals surface area contributed by atoms with Gasteiger partial charge >= 0.3 is 0 Å². The van der Waals surface area contributed by atoms with E-state index in [2.05, 4.69) is 15.6 Å². The first-order valence-electron chi connectivity index (χ1n) is 8.84. The van der Waals surface area contributed by atoms with Gasteiger partial charge in [0.25, 0.3) is 5.56 Å². The lowest BCUT2D eigenvalue weighted by atomic mass is 10.2. The molecule has 1 N–H and O–H groups in total. The van der Waals surface area contributed by atoms with Crippen molar-refractivity contribution in [1.29, 1.82) is 0 Å². The van der Waals surface area contributed by atoms with Crippen molar-refractivity contribution >= 4 is 16.8 Å². The highest BCUT2D eigenvalue weighted by atomic mass is 16.5. The smallest absolute Gasteiger partial charge is 0.278 e. The van der Waals surface area contributed by atoms with E-state index < -0.39 is 0 Å². The fourth-order valence-corrected chi connectivity index (χ4v) is 2.62. The monoisotopic (exact) mass is 366 g/mol. The summed E-state index contributed by atoms with van der Waals surface area (Å²) in [5, 5.41) is 11.1. The van der Waals surface area contributed by atoms with E-state index in [1.807, 2.05) is 37.3 Å². The molecule has 0 aliphatic heterocycles. The molecule has 0 bridgehead atoms. The second kappa shape index (κ2) is 9.05. The molecule has 140 valence electrons. The molecule has 0 radical (unpaired) electrons. The Balaban J connectivity index is 1.45. The highest BCUT2D eigenvalue weighted by molar-refractivity contribution is 5.78. The van der Waals surface area contributed by atoms with Crippen molar-refractivity contribution in [2.75, 3.05) is 13.2 Å². The molecule has 1 atom stereocenters. The van der Waals surface area contributed by atoms with Gasteiger partial charge in [0.15, 0.2) is 0 Å². The van der Waals surface area contributed by atoms with Gasteiger partial charge in [0, 0.05) is 6.54 Å². The minimum absolute atomic E-state index is 0.150. The third-order valence-electron chi connectivity index (χ3n) is 4.08. The van der Waals surface area contributed by atoms with Crippen LogP contribution >= 0.6 is 0 Å². The van der Waals surface area contributed by atoms with Gasteiger partial charge in [-0.3, -0.25) is 9.59 Å². The third kappa shape index (κ3) is 5.21. The summed E-state index contributed by atoms with van der Waals surface area (Å²) in [7, 11) is 0. The molecule has 1 heterocycles. The molecule has 2 aromatic carbocycles. The van der Waals surface area contributed by atoms with E-state index in [1.54, 1.807) is 24.3 Å². The number of benzene rings is 2. The number of fused-ring (bicyclic) bond motifs is 1. The average molecular weight is 366 g/mol. The Kier molecular flexibility index (Phi) is 6.27. The van der Waals surface area contributed by atoms with Crippen molar-refractivity contribution in [2.24, 2.45) is 5.92 Å². The zero-order chi connectivity index (χ0) is 19.1. The van der Waals surface area contributed by atoms with Crippen molar-refractivity contribution in [3.8, 4) is 0 Å². The summed E-state index contributed by atoms with van der Waals surface area (Å²) in [5.74, 6) is -0.131. The Morgan fingerprint density at radius 2 is 1.89 bits per heavy atom. The molecular formula is C20H22N4O3. The van der Waals surface area contributed by atoms with Gasteiger partial charge in [0.2, 0.25) is 5.91 Å². The zero-order valence-corrected chi connectivity index (χ0v) is 15.2. The lowest BCUT2D eigenvalue weighted by molar-refractivity contribution is -0.122. The van der Waals surface area contributed by atoms with Crippen LogP contribution in [0.1, 0.15) is 12.5 Å². The lowest BCUT2D eigenvalue weighted by Gasteiger charge is -2.13. The highest BCUT2D eigenvalue weighted by Crippen LogP contribution is 2.04. The highest BCUT2D eigenvalue weighted by Gasteiger charge is 2.10. The summed E-state index contributed by atoms with van der Waals surface area (Å²) < 4.78 is 6.75. The molecule has 0 saturated carbocycles. The van der Waals surface area contributed by atoms with Gasteiger partial charge in [-0.1, -0.05) is 54.6 Å². The second-order valence-corrected chi connectivity index (χ2v) is 6.48. The topological polar surface area (TPSA) is 86.1 Å². The Morgan fingerprint density at radius 1 is 1.15 bits per heavy atom. The molecule has 0 aliphatic carbocycles. The molecule has 7 heteroatoms. The number of nitrogens with zero attached hydrogens (tertiary/aromatic N) is 3. The van der Waals surface area contributed by atoms with Crippen molar-refractivity contribution < 1.29 is 9.53 Å². The van der Waals surface area contributed by atoms with Crippen molar-refractivity contribution in [2.45, 2.75) is 20.1 Å². The van der Waals surface area contributed by atoms with Crippen molar-refractivity contribution in [3.63, 3.8) is 0 Å². The fraction of sp³-hybridized carbons (Fsp3) is 0.300. The molecule has 0 saturated heterocycles. The second-order valence-electron chi connectivity index (χ2n) is 6.48. The first kappa shape index (κ1) is 18.7. The van der Waals surface area contributed by atoms with Gasteiger partial charge in [0.1, 0.15) is 12.1 Å². The molecular weight excluding hydrogens is 344 g/mol. The van der Waals surface area contributed by atoms with Gasteiger partial charge in [-0.2, -0.15) is 0 Å². The number of carbonyl (C=O) groups excluding carboxylic acids is 1. The maximum absolute atomic E-state index is 12.3. The predicted octanol–water partition coefficient (Wildman–Crippen LogP) is 1.76. The maximum Gasteiger partial charge on any atom is 0.278 e. The summed E-state index contributed by atoms with van der Waals surface area (Å²) >= 11 is 0. The van der Waals surface area contributed by atoms with E-state index >= 15 is 0 Å². The number of amides is 1. The number of hydrogen-bond donors (Lipinski definition) is 1. The quantitative estimate of drug-likeness (QED) is 0.656. The minimum Gasteiger partial charge on any atom is -0.376 e. The number of carbonyl (C=O) groups is 1. The largest absolute Gasteiger partial charge is 0.376 e. The minimum atomic E-state index is -0.324. The Hall–Kier alpha value is -3.06. The number of aromatic nitrogens is 3. The Labute approximate surface area is 157 Å². The van der Waals surface area contributed by atoms with Crippen LogP contribution in [0.5, 0.6) is 0 Å². The summed E-state index contributed by atoms with van der Waals surface area (Å²) in [4.78, 5) is 24.5. The average Bonchev–Trinajstić information content (AvgIpc) is 2.69. The molecule has 3 aromatic rings. The van der Waals surface area contributed by atoms with Crippen LogP contribution in [0.25, 0.3) is 10.9 Å². The van der Waals surface area contributed by atoms with E-state index in [4.69, 9.17) is 4.74 Å². The lowest BCUT2D eigenvalue weighted by Crippen LogP contribution is -2.36. The zero-order valence-electron chi connectivity index (χ0n) is 15.2. The van der Waals surface area contributed by atoms with E-state index in [9.17, 15) is 9.59 Å². The molecule has 1 amide bonds. The van der Waals surface area contributed by atoms with Gasteiger partial charge in [-0.15, -0.1) is 5.10 Å². The van der Waals surface area contributed by atoms with Crippen LogP contribution in [0.2, 0.25) is 0 Å². The molecule has 1 aromatic heterocycles. The van der Waals surface area contributed by atoms with E-state index in [0.29, 0.717) is 30.7 Å². The van der Waals surface area contributed by atoms with Crippen molar-refractivity contribution in [3.05, 3.63) is 70.5 Å². The standard InChI is InChI=1S/C20H22N4O3/c1-15(13-27-14-16-7-3-2-4-8-16)11-21-19(25)12-24-20(26)17-9-5-6-10-18(17)22-23-24/h2-10,15H,11-14H2,1H3,(H,21,25). The summed E-state index contributed by atoms with van der Waals surface area (Å²) in [5.41, 5.74) is 1.31. The summed E-state index contributed by atoms with van der Waals surface area (Å²) in [6.07, 6.45) is 0. The van der Waals surface area contributed by atoms with Crippen LogP contribution in [0, 0.1) is 5.92 Å². The number of ether oxygens (including phenoxy) is 1. The Morgan fingerprint density at radius 3 is 2.70 bits per heavy atom. The van der Waals surface area contributed by atoms with Crippen molar-refractivity contribution in [1.82, 2.24) is 20.3 Å². The normalized spacial score (nSPS) is 12.0. The molecule has 0 fully saturated rings. The van der Waals surface area contributed by atoms with Crippen LogP contribution in [0.15, 0.2) is 59.4 Å². The van der Waals surface area contributed by atoms with Crippen LogP contribution in [0.3, 0.4) is 0 Å².